The maximum absolute atomic E-state index is 12.7. The highest BCUT2D eigenvalue weighted by atomic mass is 35.5. The summed E-state index contributed by atoms with van der Waals surface area (Å²) in [6.45, 7) is 1.76. The Labute approximate surface area is 153 Å². The smallest absolute Gasteiger partial charge is 0.270 e. The van der Waals surface area contributed by atoms with Crippen LogP contribution in [-0.2, 0) is 0 Å². The topological polar surface area (TPSA) is 114 Å². The predicted molar refractivity (Wildman–Crippen MR) is 95.0 cm³/mol. The van der Waals surface area contributed by atoms with Gasteiger partial charge >= 0.3 is 0 Å². The number of hydrogen-bond acceptors (Lipinski definition) is 5. The van der Waals surface area contributed by atoms with E-state index in [-0.39, 0.29) is 16.3 Å². The van der Waals surface area contributed by atoms with Gasteiger partial charge in [0.05, 0.1) is 15.5 Å². The standard InChI is InChI=1S/C17H14ClN5O3/c1-10-19-16(22-21-10)15(11-5-3-2-4-6-11)20-17(24)13-8-7-12(23(25)26)9-14(13)18/h2-9,15H,1H3,(H,20,24)(H,19,21,22). The molecule has 2 aromatic carbocycles. The summed E-state index contributed by atoms with van der Waals surface area (Å²) in [6.07, 6.45) is 0. The Morgan fingerprint density at radius 1 is 1.27 bits per heavy atom. The van der Waals surface area contributed by atoms with Crippen molar-refractivity contribution >= 4 is 23.2 Å². The quantitative estimate of drug-likeness (QED) is 0.528. The molecular formula is C17H14ClN5O3. The van der Waals surface area contributed by atoms with Crippen LogP contribution in [-0.4, -0.2) is 26.0 Å². The lowest BCUT2D eigenvalue weighted by atomic mass is 10.1. The molecule has 0 bridgehead atoms. The van der Waals surface area contributed by atoms with Gasteiger partial charge in [0, 0.05) is 12.1 Å². The maximum atomic E-state index is 12.7. The fraction of sp³-hybridized carbons (Fsp3) is 0.118. The summed E-state index contributed by atoms with van der Waals surface area (Å²) in [7, 11) is 0. The fourth-order valence-corrected chi connectivity index (χ4v) is 2.70. The number of aryl methyl sites for hydroxylation is 1. The molecule has 1 heterocycles. The first-order valence-electron chi connectivity index (χ1n) is 7.64. The molecule has 1 unspecified atom stereocenters. The summed E-state index contributed by atoms with van der Waals surface area (Å²) in [5, 5.41) is 20.5. The van der Waals surface area contributed by atoms with E-state index in [9.17, 15) is 14.9 Å². The number of non-ortho nitro benzene ring substituents is 1. The highest BCUT2D eigenvalue weighted by Gasteiger charge is 2.23. The van der Waals surface area contributed by atoms with Crippen LogP contribution in [0.2, 0.25) is 5.02 Å². The summed E-state index contributed by atoms with van der Waals surface area (Å²) < 4.78 is 0. The van der Waals surface area contributed by atoms with Crippen LogP contribution in [0.25, 0.3) is 0 Å². The molecule has 132 valence electrons. The van der Waals surface area contributed by atoms with Crippen molar-refractivity contribution in [3.63, 3.8) is 0 Å². The van der Waals surface area contributed by atoms with Gasteiger partial charge in [0.1, 0.15) is 11.9 Å². The molecule has 0 spiro atoms. The molecule has 26 heavy (non-hydrogen) atoms. The first-order chi connectivity index (χ1) is 12.5. The van der Waals surface area contributed by atoms with Gasteiger partial charge < -0.3 is 5.32 Å². The van der Waals surface area contributed by atoms with Crippen LogP contribution in [0.3, 0.4) is 0 Å². The Balaban J connectivity index is 1.92. The van der Waals surface area contributed by atoms with Crippen molar-refractivity contribution in [2.75, 3.05) is 0 Å². The summed E-state index contributed by atoms with van der Waals surface area (Å²) in [5.41, 5.74) is 0.735. The summed E-state index contributed by atoms with van der Waals surface area (Å²) in [5.74, 6) is 0.532. The van der Waals surface area contributed by atoms with Crippen molar-refractivity contribution in [1.29, 1.82) is 0 Å². The van der Waals surface area contributed by atoms with Gasteiger partial charge in [0.2, 0.25) is 0 Å². The van der Waals surface area contributed by atoms with E-state index in [4.69, 9.17) is 11.6 Å². The third kappa shape index (κ3) is 3.70. The van der Waals surface area contributed by atoms with Crippen molar-refractivity contribution in [2.24, 2.45) is 0 Å². The lowest BCUT2D eigenvalue weighted by Gasteiger charge is -2.16. The largest absolute Gasteiger partial charge is 0.338 e. The van der Waals surface area contributed by atoms with Gasteiger partial charge in [-0.05, 0) is 18.6 Å². The number of benzene rings is 2. The van der Waals surface area contributed by atoms with E-state index in [0.717, 1.165) is 11.6 Å². The number of carbonyl (C=O) groups is 1. The highest BCUT2D eigenvalue weighted by molar-refractivity contribution is 6.34. The van der Waals surface area contributed by atoms with Crippen LogP contribution in [0.15, 0.2) is 48.5 Å². The van der Waals surface area contributed by atoms with E-state index < -0.39 is 16.9 Å². The third-order valence-electron chi connectivity index (χ3n) is 3.69. The van der Waals surface area contributed by atoms with Gasteiger partial charge in [-0.25, -0.2) is 4.98 Å². The molecule has 3 rings (SSSR count). The molecule has 0 saturated heterocycles. The molecule has 1 aromatic heterocycles. The first-order valence-corrected chi connectivity index (χ1v) is 8.02. The molecule has 9 heteroatoms. The second kappa shape index (κ2) is 7.32. The van der Waals surface area contributed by atoms with Crippen LogP contribution < -0.4 is 5.32 Å². The van der Waals surface area contributed by atoms with Crippen LogP contribution in [0.5, 0.6) is 0 Å². The van der Waals surface area contributed by atoms with Gasteiger partial charge in [0.15, 0.2) is 5.82 Å². The van der Waals surface area contributed by atoms with Crippen LogP contribution in [0.1, 0.15) is 33.6 Å². The molecule has 0 fully saturated rings. The molecule has 3 aromatic rings. The normalized spacial score (nSPS) is 11.8. The van der Waals surface area contributed by atoms with Crippen molar-refractivity contribution in [3.8, 4) is 0 Å². The zero-order valence-corrected chi connectivity index (χ0v) is 14.4. The number of nitro groups is 1. The summed E-state index contributed by atoms with van der Waals surface area (Å²) >= 11 is 6.05. The minimum atomic E-state index is -0.597. The molecule has 1 amide bonds. The van der Waals surface area contributed by atoms with E-state index in [1.165, 1.54) is 12.1 Å². The summed E-state index contributed by atoms with van der Waals surface area (Å²) in [6, 6.07) is 12.3. The lowest BCUT2D eigenvalue weighted by Crippen LogP contribution is -2.30. The Hall–Kier alpha value is -3.26. The molecule has 0 aliphatic carbocycles. The minimum Gasteiger partial charge on any atom is -0.338 e. The molecule has 8 nitrogen and oxygen atoms in total. The van der Waals surface area contributed by atoms with E-state index in [1.807, 2.05) is 30.3 Å². The van der Waals surface area contributed by atoms with Crippen molar-refractivity contribution in [2.45, 2.75) is 13.0 Å². The molecule has 1 atom stereocenters. The van der Waals surface area contributed by atoms with Gasteiger partial charge in [-0.15, -0.1) is 0 Å². The van der Waals surface area contributed by atoms with Crippen LogP contribution >= 0.6 is 11.6 Å². The fourth-order valence-electron chi connectivity index (χ4n) is 2.44. The molecule has 0 aliphatic rings. The van der Waals surface area contributed by atoms with Crippen molar-refractivity contribution in [1.82, 2.24) is 20.5 Å². The maximum Gasteiger partial charge on any atom is 0.270 e. The van der Waals surface area contributed by atoms with Crippen molar-refractivity contribution < 1.29 is 9.72 Å². The Bertz CT molecular complexity index is 958. The average molecular weight is 372 g/mol. The second-order valence-corrected chi connectivity index (χ2v) is 5.92. The number of nitro benzene ring substituents is 1. The Morgan fingerprint density at radius 3 is 2.58 bits per heavy atom. The third-order valence-corrected chi connectivity index (χ3v) is 4.00. The van der Waals surface area contributed by atoms with Gasteiger partial charge in [0.25, 0.3) is 11.6 Å². The number of aromatic nitrogens is 3. The molecule has 0 radical (unpaired) electrons. The molecule has 0 aliphatic heterocycles. The van der Waals surface area contributed by atoms with Crippen LogP contribution in [0.4, 0.5) is 5.69 Å². The van der Waals surface area contributed by atoms with Crippen molar-refractivity contribution in [3.05, 3.63) is 86.4 Å². The number of aromatic amines is 1. The highest BCUT2D eigenvalue weighted by Crippen LogP contribution is 2.24. The number of halogens is 1. The Morgan fingerprint density at radius 2 is 2.00 bits per heavy atom. The number of hydrogen-bond donors (Lipinski definition) is 2. The zero-order chi connectivity index (χ0) is 18.7. The van der Waals surface area contributed by atoms with Crippen LogP contribution in [0, 0.1) is 17.0 Å². The second-order valence-electron chi connectivity index (χ2n) is 5.52. The molecular weight excluding hydrogens is 358 g/mol. The van der Waals surface area contributed by atoms with E-state index >= 15 is 0 Å². The van der Waals surface area contributed by atoms with Gasteiger partial charge in [-0.1, -0.05) is 41.9 Å². The Kier molecular flexibility index (Phi) is 4.94. The number of carbonyl (C=O) groups excluding carboxylic acids is 1. The minimum absolute atomic E-state index is 0.00493. The summed E-state index contributed by atoms with van der Waals surface area (Å²) in [4.78, 5) is 27.2. The van der Waals surface area contributed by atoms with Gasteiger partial charge in [-0.3, -0.25) is 20.0 Å². The number of rotatable bonds is 5. The number of amides is 1. The number of nitrogens with zero attached hydrogens (tertiary/aromatic N) is 3. The van der Waals surface area contributed by atoms with E-state index in [1.54, 1.807) is 6.92 Å². The number of nitrogens with one attached hydrogen (secondary N) is 2. The SMILES string of the molecule is Cc1nc(C(NC(=O)c2ccc([N+](=O)[O-])cc2Cl)c2ccccc2)n[nH]1. The predicted octanol–water partition coefficient (Wildman–Crippen LogP) is 3.19. The van der Waals surface area contributed by atoms with E-state index in [2.05, 4.69) is 20.5 Å². The lowest BCUT2D eigenvalue weighted by molar-refractivity contribution is -0.384. The monoisotopic (exact) mass is 371 g/mol. The van der Waals surface area contributed by atoms with Gasteiger partial charge in [-0.2, -0.15) is 5.10 Å². The zero-order valence-electron chi connectivity index (χ0n) is 13.6. The molecule has 2 N–H and O–H groups in total. The molecule has 0 saturated carbocycles. The average Bonchev–Trinajstić information content (AvgIpc) is 3.06. The number of H-pyrrole nitrogens is 1. The first kappa shape index (κ1) is 17.6. The van der Waals surface area contributed by atoms with E-state index in [0.29, 0.717) is 11.6 Å².